The maximum Gasteiger partial charge on any atom is 0.251 e. The molecule has 0 spiro atoms. The number of aryl methyl sites for hydroxylation is 1. The fraction of sp³-hybridized carbons (Fsp3) is 0.600. The molecule has 6 heteroatoms. The Morgan fingerprint density at radius 2 is 1.81 bits per heavy atom. The lowest BCUT2D eigenvalue weighted by Crippen LogP contribution is -2.50. The Morgan fingerprint density at radius 1 is 1.15 bits per heavy atom. The number of morpholine rings is 1. The molecule has 1 aromatic rings. The zero-order valence-corrected chi connectivity index (χ0v) is 16.1. The SMILES string of the molecule is Cc1ccc(C(=O)NC(C(=O)NCCCN2CCOCC2)C(C)C)cc1. The first-order chi connectivity index (χ1) is 12.5. The molecule has 1 atom stereocenters. The highest BCUT2D eigenvalue weighted by Gasteiger charge is 2.24. The summed E-state index contributed by atoms with van der Waals surface area (Å²) in [4.78, 5) is 27.2. The molecule has 1 heterocycles. The molecule has 0 radical (unpaired) electrons. The van der Waals surface area contributed by atoms with E-state index in [1.807, 2.05) is 32.9 Å². The maximum absolute atomic E-state index is 12.5. The summed E-state index contributed by atoms with van der Waals surface area (Å²) in [6.45, 7) is 10.9. The van der Waals surface area contributed by atoms with E-state index in [9.17, 15) is 9.59 Å². The molecule has 26 heavy (non-hydrogen) atoms. The molecule has 1 saturated heterocycles. The van der Waals surface area contributed by atoms with E-state index < -0.39 is 6.04 Å². The van der Waals surface area contributed by atoms with E-state index in [-0.39, 0.29) is 17.7 Å². The molecule has 2 N–H and O–H groups in total. The second-order valence-corrected chi connectivity index (χ2v) is 7.16. The minimum absolute atomic E-state index is 0.0173. The van der Waals surface area contributed by atoms with Gasteiger partial charge < -0.3 is 15.4 Å². The third-order valence-corrected chi connectivity index (χ3v) is 4.60. The highest BCUT2D eigenvalue weighted by Crippen LogP contribution is 2.07. The zero-order chi connectivity index (χ0) is 18.9. The fourth-order valence-electron chi connectivity index (χ4n) is 2.91. The van der Waals surface area contributed by atoms with E-state index in [0.717, 1.165) is 44.8 Å². The lowest BCUT2D eigenvalue weighted by molar-refractivity contribution is -0.123. The van der Waals surface area contributed by atoms with Crippen molar-refractivity contribution >= 4 is 11.8 Å². The summed E-state index contributed by atoms with van der Waals surface area (Å²) in [6.07, 6.45) is 0.891. The van der Waals surface area contributed by atoms with Gasteiger partial charge >= 0.3 is 0 Å². The van der Waals surface area contributed by atoms with Crippen LogP contribution in [-0.2, 0) is 9.53 Å². The van der Waals surface area contributed by atoms with Crippen LogP contribution in [0.4, 0.5) is 0 Å². The first kappa shape index (κ1) is 20.4. The summed E-state index contributed by atoms with van der Waals surface area (Å²) < 4.78 is 5.33. The van der Waals surface area contributed by atoms with Crippen LogP contribution in [0.2, 0.25) is 0 Å². The van der Waals surface area contributed by atoms with Crippen LogP contribution >= 0.6 is 0 Å². The van der Waals surface area contributed by atoms with E-state index in [0.29, 0.717) is 12.1 Å². The summed E-state index contributed by atoms with van der Waals surface area (Å²) >= 11 is 0. The van der Waals surface area contributed by atoms with Crippen molar-refractivity contribution in [3.8, 4) is 0 Å². The minimum atomic E-state index is -0.535. The number of nitrogens with one attached hydrogen (secondary N) is 2. The van der Waals surface area contributed by atoms with Crippen molar-refractivity contribution in [2.45, 2.75) is 33.2 Å². The van der Waals surface area contributed by atoms with Crippen molar-refractivity contribution in [1.82, 2.24) is 15.5 Å². The monoisotopic (exact) mass is 361 g/mol. The Balaban J connectivity index is 1.78. The van der Waals surface area contributed by atoms with Crippen molar-refractivity contribution in [3.05, 3.63) is 35.4 Å². The molecule has 0 bridgehead atoms. The normalized spacial score (nSPS) is 16.3. The van der Waals surface area contributed by atoms with Gasteiger partial charge in [-0.05, 0) is 37.9 Å². The predicted molar refractivity (Wildman–Crippen MR) is 102 cm³/mol. The number of nitrogens with zero attached hydrogens (tertiary/aromatic N) is 1. The first-order valence-electron chi connectivity index (χ1n) is 9.42. The Bertz CT molecular complexity index is 580. The van der Waals surface area contributed by atoms with E-state index in [1.165, 1.54) is 0 Å². The molecule has 1 fully saturated rings. The summed E-state index contributed by atoms with van der Waals surface area (Å²) in [6, 6.07) is 6.81. The van der Waals surface area contributed by atoms with Crippen molar-refractivity contribution < 1.29 is 14.3 Å². The number of hydrogen-bond acceptors (Lipinski definition) is 4. The van der Waals surface area contributed by atoms with Crippen molar-refractivity contribution in [1.29, 1.82) is 0 Å². The van der Waals surface area contributed by atoms with E-state index in [2.05, 4.69) is 15.5 Å². The van der Waals surface area contributed by atoms with Crippen LogP contribution in [0.1, 0.15) is 36.2 Å². The lowest BCUT2D eigenvalue weighted by atomic mass is 10.0. The molecule has 1 aromatic carbocycles. The molecule has 0 aromatic heterocycles. The third-order valence-electron chi connectivity index (χ3n) is 4.60. The number of ether oxygens (including phenoxy) is 1. The lowest BCUT2D eigenvalue weighted by Gasteiger charge is -2.26. The van der Waals surface area contributed by atoms with Crippen molar-refractivity contribution in [2.24, 2.45) is 5.92 Å². The van der Waals surface area contributed by atoms with Crippen LogP contribution < -0.4 is 10.6 Å². The topological polar surface area (TPSA) is 70.7 Å². The van der Waals surface area contributed by atoms with Gasteiger partial charge in [-0.15, -0.1) is 0 Å². The highest BCUT2D eigenvalue weighted by atomic mass is 16.5. The maximum atomic E-state index is 12.5. The van der Waals surface area contributed by atoms with Gasteiger partial charge in [0.25, 0.3) is 5.91 Å². The Hall–Kier alpha value is -1.92. The molecular weight excluding hydrogens is 330 g/mol. The molecule has 6 nitrogen and oxygen atoms in total. The molecule has 1 aliphatic heterocycles. The Labute approximate surface area is 156 Å². The summed E-state index contributed by atoms with van der Waals surface area (Å²) in [7, 11) is 0. The number of hydrogen-bond donors (Lipinski definition) is 2. The van der Waals surface area contributed by atoms with Crippen LogP contribution in [0, 0.1) is 12.8 Å². The number of carbonyl (C=O) groups excluding carboxylic acids is 2. The van der Waals surface area contributed by atoms with Gasteiger partial charge in [0.15, 0.2) is 0 Å². The quantitative estimate of drug-likeness (QED) is 0.690. The van der Waals surface area contributed by atoms with Gasteiger partial charge in [0.05, 0.1) is 13.2 Å². The van der Waals surface area contributed by atoms with Gasteiger partial charge in [0.2, 0.25) is 5.91 Å². The average Bonchev–Trinajstić information content (AvgIpc) is 2.64. The molecule has 0 saturated carbocycles. The number of benzene rings is 1. The highest BCUT2D eigenvalue weighted by molar-refractivity contribution is 5.97. The molecule has 1 unspecified atom stereocenters. The minimum Gasteiger partial charge on any atom is -0.379 e. The second kappa shape index (κ2) is 10.3. The molecular formula is C20H31N3O3. The van der Waals surface area contributed by atoms with Gasteiger partial charge in [-0.25, -0.2) is 0 Å². The fourth-order valence-corrected chi connectivity index (χ4v) is 2.91. The summed E-state index contributed by atoms with van der Waals surface area (Å²) in [5.74, 6) is -0.321. The number of rotatable bonds is 8. The van der Waals surface area contributed by atoms with E-state index in [4.69, 9.17) is 4.74 Å². The van der Waals surface area contributed by atoms with Crippen LogP contribution in [-0.4, -0.2) is 62.1 Å². The molecule has 0 aliphatic carbocycles. The smallest absolute Gasteiger partial charge is 0.251 e. The van der Waals surface area contributed by atoms with E-state index >= 15 is 0 Å². The Kier molecular flexibility index (Phi) is 8.06. The first-order valence-corrected chi connectivity index (χ1v) is 9.42. The predicted octanol–water partition coefficient (Wildman–Crippen LogP) is 1.59. The second-order valence-electron chi connectivity index (χ2n) is 7.16. The molecule has 2 rings (SSSR count). The van der Waals surface area contributed by atoms with Gasteiger partial charge in [-0.2, -0.15) is 0 Å². The van der Waals surface area contributed by atoms with E-state index in [1.54, 1.807) is 12.1 Å². The van der Waals surface area contributed by atoms with Gasteiger partial charge in [-0.1, -0.05) is 31.5 Å². The zero-order valence-electron chi connectivity index (χ0n) is 16.1. The molecule has 2 amide bonds. The number of amides is 2. The molecule has 144 valence electrons. The summed E-state index contributed by atoms with van der Waals surface area (Å²) in [5.41, 5.74) is 1.67. The average molecular weight is 361 g/mol. The Morgan fingerprint density at radius 3 is 2.42 bits per heavy atom. The van der Waals surface area contributed by atoms with Gasteiger partial charge in [-0.3, -0.25) is 14.5 Å². The van der Waals surface area contributed by atoms with Crippen LogP contribution in [0.25, 0.3) is 0 Å². The largest absolute Gasteiger partial charge is 0.379 e. The van der Waals surface area contributed by atoms with Crippen LogP contribution in [0.5, 0.6) is 0 Å². The van der Waals surface area contributed by atoms with Crippen molar-refractivity contribution in [2.75, 3.05) is 39.4 Å². The van der Waals surface area contributed by atoms with Crippen LogP contribution in [0.15, 0.2) is 24.3 Å². The third kappa shape index (κ3) is 6.42. The number of carbonyl (C=O) groups is 2. The van der Waals surface area contributed by atoms with Gasteiger partial charge in [0.1, 0.15) is 6.04 Å². The van der Waals surface area contributed by atoms with Crippen LogP contribution in [0.3, 0.4) is 0 Å². The van der Waals surface area contributed by atoms with Gasteiger partial charge in [0, 0.05) is 25.2 Å². The summed E-state index contributed by atoms with van der Waals surface area (Å²) in [5, 5.41) is 5.82. The molecule has 1 aliphatic rings. The standard InChI is InChI=1S/C20H31N3O3/c1-15(2)18(22-19(24)17-7-5-16(3)6-8-17)20(25)21-9-4-10-23-11-13-26-14-12-23/h5-8,15,18H,4,9-14H2,1-3H3,(H,21,25)(H,22,24). The van der Waals surface area contributed by atoms with Crippen molar-refractivity contribution in [3.63, 3.8) is 0 Å².